The smallest absolute Gasteiger partial charge is 0.278 e. The third-order valence-electron chi connectivity index (χ3n) is 8.04. The molecule has 1 saturated heterocycles. The van der Waals surface area contributed by atoms with Crippen molar-refractivity contribution in [2.45, 2.75) is 77.3 Å². The number of nitrogens with one attached hydrogen (secondary N) is 1. The number of nitrogens with zero attached hydrogens (tertiary/aromatic N) is 4. The predicted molar refractivity (Wildman–Crippen MR) is 153 cm³/mol. The van der Waals surface area contributed by atoms with Crippen LogP contribution in [0.1, 0.15) is 74.7 Å². The Labute approximate surface area is 231 Å². The first kappa shape index (κ1) is 27.3. The minimum Gasteiger partial charge on any atom is -0.476 e. The average Bonchev–Trinajstić information content (AvgIpc) is 3.30. The molecule has 1 aromatic carbocycles. The molecule has 2 aromatic rings. The zero-order valence-electron chi connectivity index (χ0n) is 23.3. The zero-order valence-corrected chi connectivity index (χ0v) is 23.3. The summed E-state index contributed by atoms with van der Waals surface area (Å²) in [7, 11) is 0. The molecule has 0 unspecified atom stereocenters. The Balaban J connectivity index is 1.33. The molecule has 1 aliphatic carbocycles. The lowest BCUT2D eigenvalue weighted by atomic mass is 9.84. The fourth-order valence-electron chi connectivity index (χ4n) is 6.01. The van der Waals surface area contributed by atoms with Gasteiger partial charge in [0.1, 0.15) is 12.4 Å². The van der Waals surface area contributed by atoms with Crippen molar-refractivity contribution in [3.05, 3.63) is 53.7 Å². The van der Waals surface area contributed by atoms with E-state index in [4.69, 9.17) is 4.74 Å². The molecular weight excluding hydrogens is 490 g/mol. The van der Waals surface area contributed by atoms with Gasteiger partial charge in [0.25, 0.3) is 5.91 Å². The third-order valence-corrected chi connectivity index (χ3v) is 8.04. The van der Waals surface area contributed by atoms with Crippen molar-refractivity contribution in [2.75, 3.05) is 31.1 Å². The molecule has 1 N–H and O–H groups in total. The van der Waals surface area contributed by atoms with Crippen LogP contribution in [0.4, 0.5) is 5.69 Å². The fourth-order valence-corrected chi connectivity index (χ4v) is 6.01. The number of carbonyl (C=O) groups excluding carboxylic acids is 2. The highest BCUT2D eigenvalue weighted by molar-refractivity contribution is 6.12. The summed E-state index contributed by atoms with van der Waals surface area (Å²) in [5.41, 5.74) is 2.65. The lowest BCUT2D eigenvalue weighted by molar-refractivity contribution is -0.126. The number of ether oxygens (including phenoxy) is 1. The number of benzene rings is 1. The van der Waals surface area contributed by atoms with Crippen molar-refractivity contribution in [3.8, 4) is 5.88 Å². The summed E-state index contributed by atoms with van der Waals surface area (Å²) in [6, 6.07) is 11.5. The van der Waals surface area contributed by atoms with Crippen LogP contribution >= 0.6 is 0 Å². The Kier molecular flexibility index (Phi) is 8.91. The highest BCUT2D eigenvalue weighted by Crippen LogP contribution is 2.38. The molecule has 5 rings (SSSR count). The van der Waals surface area contributed by atoms with Gasteiger partial charge in [0.15, 0.2) is 0 Å². The standard InChI is InChI=1S/C31H41N5O3/c1-22(2)33-30(37)24-11-13-26(14-12-24)36-27-20-29(39-18-17-35-15-7-4-8-16-35)32-21-25(27)19-28(36)34-31(38)23-9-5-3-6-10-23/h3,5-6,9-10,20-22,24,26H,4,7-8,11-19H2,1-2H3,(H,33,37). The van der Waals surface area contributed by atoms with Crippen molar-refractivity contribution < 1.29 is 14.3 Å². The van der Waals surface area contributed by atoms with Gasteiger partial charge in [0.05, 0.1) is 5.69 Å². The van der Waals surface area contributed by atoms with Gasteiger partial charge in [-0.3, -0.25) is 14.5 Å². The molecule has 8 nitrogen and oxygen atoms in total. The van der Waals surface area contributed by atoms with E-state index in [0.29, 0.717) is 24.5 Å². The molecule has 1 saturated carbocycles. The molecule has 3 heterocycles. The number of hydrogen-bond acceptors (Lipinski definition) is 5. The van der Waals surface area contributed by atoms with Gasteiger partial charge in [-0.25, -0.2) is 4.98 Å². The Morgan fingerprint density at radius 2 is 1.82 bits per heavy atom. The number of likely N-dealkylation sites (tertiary alicyclic amines) is 1. The number of amidine groups is 1. The van der Waals surface area contributed by atoms with Gasteiger partial charge in [-0.1, -0.05) is 24.6 Å². The van der Waals surface area contributed by atoms with Crippen molar-refractivity contribution in [2.24, 2.45) is 10.9 Å². The van der Waals surface area contributed by atoms with Crippen LogP contribution in [0.25, 0.3) is 0 Å². The summed E-state index contributed by atoms with van der Waals surface area (Å²) in [6.45, 7) is 7.79. The van der Waals surface area contributed by atoms with Crippen LogP contribution in [0.5, 0.6) is 5.88 Å². The van der Waals surface area contributed by atoms with E-state index in [0.717, 1.165) is 62.4 Å². The van der Waals surface area contributed by atoms with E-state index in [1.165, 1.54) is 19.3 Å². The van der Waals surface area contributed by atoms with E-state index in [1.54, 1.807) is 12.1 Å². The number of piperidine rings is 1. The molecule has 2 amide bonds. The van der Waals surface area contributed by atoms with E-state index in [2.05, 4.69) is 25.1 Å². The number of amides is 2. The predicted octanol–water partition coefficient (Wildman–Crippen LogP) is 4.63. The first-order valence-corrected chi connectivity index (χ1v) is 14.6. The zero-order chi connectivity index (χ0) is 27.2. The highest BCUT2D eigenvalue weighted by Gasteiger charge is 2.36. The first-order valence-electron chi connectivity index (χ1n) is 14.6. The number of hydrogen-bond donors (Lipinski definition) is 1. The minimum absolute atomic E-state index is 0.0307. The van der Waals surface area contributed by atoms with Crippen LogP contribution in [-0.2, 0) is 11.2 Å². The maximum atomic E-state index is 13.1. The largest absolute Gasteiger partial charge is 0.476 e. The van der Waals surface area contributed by atoms with Gasteiger partial charge in [-0.2, -0.15) is 4.99 Å². The molecule has 0 radical (unpaired) electrons. The maximum Gasteiger partial charge on any atom is 0.278 e. The van der Waals surface area contributed by atoms with E-state index < -0.39 is 0 Å². The summed E-state index contributed by atoms with van der Waals surface area (Å²) >= 11 is 0. The van der Waals surface area contributed by atoms with Crippen LogP contribution in [0.15, 0.2) is 47.6 Å². The molecule has 2 fully saturated rings. The first-order chi connectivity index (χ1) is 19.0. The number of aromatic nitrogens is 1. The number of carbonyl (C=O) groups is 2. The van der Waals surface area contributed by atoms with Crippen LogP contribution in [0.3, 0.4) is 0 Å². The van der Waals surface area contributed by atoms with Crippen molar-refractivity contribution >= 4 is 23.3 Å². The second-order valence-corrected chi connectivity index (χ2v) is 11.3. The quantitative estimate of drug-likeness (QED) is 0.535. The van der Waals surface area contributed by atoms with Gasteiger partial charge < -0.3 is 15.0 Å². The van der Waals surface area contributed by atoms with Crippen LogP contribution < -0.4 is 15.0 Å². The van der Waals surface area contributed by atoms with Gasteiger partial charge in [-0.15, -0.1) is 0 Å². The molecular formula is C31H41N5O3. The van der Waals surface area contributed by atoms with E-state index in [-0.39, 0.29) is 29.8 Å². The van der Waals surface area contributed by atoms with E-state index >= 15 is 0 Å². The lowest BCUT2D eigenvalue weighted by Crippen LogP contribution is -2.44. The summed E-state index contributed by atoms with van der Waals surface area (Å²) < 4.78 is 6.10. The second kappa shape index (κ2) is 12.7. The topological polar surface area (TPSA) is 87.1 Å². The Bertz CT molecular complexity index is 1170. The monoisotopic (exact) mass is 531 g/mol. The number of anilines is 1. The van der Waals surface area contributed by atoms with Gasteiger partial charge in [0.2, 0.25) is 11.8 Å². The van der Waals surface area contributed by atoms with E-state index in [9.17, 15) is 9.59 Å². The Hall–Kier alpha value is -3.26. The molecule has 3 aliphatic rings. The number of fused-ring (bicyclic) bond motifs is 1. The average molecular weight is 532 g/mol. The SMILES string of the molecule is CC(C)NC(=O)C1CCC(N2C(=NC(=O)c3ccccc3)Cc3cnc(OCCN4CCCCC4)cc32)CC1. The second-order valence-electron chi connectivity index (χ2n) is 11.3. The molecule has 1 aromatic heterocycles. The molecule has 0 atom stereocenters. The van der Waals surface area contributed by atoms with Crippen molar-refractivity contribution in [1.82, 2.24) is 15.2 Å². The van der Waals surface area contributed by atoms with Crippen LogP contribution in [0, 0.1) is 5.92 Å². The Morgan fingerprint density at radius 3 is 2.54 bits per heavy atom. The number of aliphatic imine (C=N–C) groups is 1. The summed E-state index contributed by atoms with van der Waals surface area (Å²) in [5, 5.41) is 3.07. The van der Waals surface area contributed by atoms with Gasteiger partial charge >= 0.3 is 0 Å². The van der Waals surface area contributed by atoms with Crippen molar-refractivity contribution in [3.63, 3.8) is 0 Å². The summed E-state index contributed by atoms with van der Waals surface area (Å²) in [4.78, 5) is 39.6. The number of rotatable bonds is 8. The van der Waals surface area contributed by atoms with Crippen LogP contribution in [0.2, 0.25) is 0 Å². The van der Waals surface area contributed by atoms with Gasteiger partial charge in [0, 0.05) is 54.4 Å². The van der Waals surface area contributed by atoms with E-state index in [1.807, 2.05) is 44.3 Å². The molecule has 2 aliphatic heterocycles. The summed E-state index contributed by atoms with van der Waals surface area (Å²) in [6.07, 6.45) is 9.63. The van der Waals surface area contributed by atoms with Crippen molar-refractivity contribution in [1.29, 1.82) is 0 Å². The Morgan fingerprint density at radius 1 is 1.08 bits per heavy atom. The number of pyridine rings is 1. The molecule has 0 bridgehead atoms. The highest BCUT2D eigenvalue weighted by atomic mass is 16.5. The fraction of sp³-hybridized carbons (Fsp3) is 0.548. The minimum atomic E-state index is -0.237. The maximum absolute atomic E-state index is 13.1. The van der Waals surface area contributed by atoms with Crippen LogP contribution in [-0.4, -0.2) is 65.9 Å². The molecule has 8 heteroatoms. The van der Waals surface area contributed by atoms with Gasteiger partial charge in [-0.05, 0) is 77.6 Å². The molecule has 208 valence electrons. The normalized spacial score (nSPS) is 22.6. The lowest BCUT2D eigenvalue weighted by Gasteiger charge is -2.36. The summed E-state index contributed by atoms with van der Waals surface area (Å²) in [5.74, 6) is 1.30. The molecule has 39 heavy (non-hydrogen) atoms. The third kappa shape index (κ3) is 6.85. The molecule has 0 spiro atoms.